The van der Waals surface area contributed by atoms with E-state index in [1.165, 1.54) is 77.3 Å². The summed E-state index contributed by atoms with van der Waals surface area (Å²) in [4.78, 5) is 0. The molecule has 0 atom stereocenters. The van der Waals surface area contributed by atoms with Crippen LogP contribution in [0.3, 0.4) is 0 Å². The Morgan fingerprint density at radius 1 is 0.636 bits per heavy atom. The van der Waals surface area contributed by atoms with Gasteiger partial charge in [-0.2, -0.15) is 0 Å². The van der Waals surface area contributed by atoms with Crippen molar-refractivity contribution in [2.45, 2.75) is 70.8 Å². The van der Waals surface area contributed by atoms with Gasteiger partial charge in [-0.25, -0.2) is 0 Å². The number of aromatic nitrogens is 1. The highest BCUT2D eigenvalue weighted by atomic mass is 79.9. The minimum absolute atomic E-state index is 0. The zero-order chi connectivity index (χ0) is 15.4. The quantitative estimate of drug-likeness (QED) is 0.369. The summed E-state index contributed by atoms with van der Waals surface area (Å²) in [5.41, 5.74) is 0. The van der Waals surface area contributed by atoms with Crippen LogP contribution >= 0.6 is 0 Å². The van der Waals surface area contributed by atoms with Crippen LogP contribution in [0.15, 0.2) is 24.5 Å². The minimum atomic E-state index is 0. The Bertz CT molecular complexity index is 328. The predicted molar refractivity (Wildman–Crippen MR) is 93.5 cm³/mol. The topological polar surface area (TPSA) is 4.93 Å². The molecule has 1 aromatic heterocycles. The molecule has 1 rings (SSSR count). The van der Waals surface area contributed by atoms with Crippen molar-refractivity contribution in [3.8, 4) is 0 Å². The maximum atomic E-state index is 2.29. The van der Waals surface area contributed by atoms with Gasteiger partial charge in [0.25, 0.3) is 0 Å². The number of hydrogen-bond donors (Lipinski definition) is 0. The normalized spacial score (nSPS) is 11.4. The van der Waals surface area contributed by atoms with Crippen LogP contribution in [-0.4, -0.2) is 36.7 Å². The molecule has 0 aliphatic carbocycles. The first-order valence-electron chi connectivity index (χ1n) is 8.99. The highest BCUT2D eigenvalue weighted by Crippen LogP contribution is 2.11. The summed E-state index contributed by atoms with van der Waals surface area (Å²) in [5, 5.41) is 0. The van der Waals surface area contributed by atoms with Crippen molar-refractivity contribution >= 4 is 0 Å². The van der Waals surface area contributed by atoms with Crippen molar-refractivity contribution in [2.75, 3.05) is 27.7 Å². The maximum absolute atomic E-state index is 2.29. The Hall–Kier alpha value is -0.280. The molecule has 1 aromatic rings. The number of nitrogens with zero attached hydrogens (tertiary/aromatic N) is 2. The highest BCUT2D eigenvalue weighted by molar-refractivity contribution is 4.89. The molecule has 22 heavy (non-hydrogen) atoms. The van der Waals surface area contributed by atoms with Gasteiger partial charge in [0.05, 0.1) is 27.7 Å². The van der Waals surface area contributed by atoms with Gasteiger partial charge in [0.2, 0.25) is 0 Å². The van der Waals surface area contributed by atoms with E-state index in [9.17, 15) is 0 Å². The van der Waals surface area contributed by atoms with E-state index in [0.717, 1.165) is 4.48 Å². The van der Waals surface area contributed by atoms with Crippen LogP contribution in [0.2, 0.25) is 0 Å². The lowest BCUT2D eigenvalue weighted by Gasteiger charge is -2.23. The number of halogens is 1. The van der Waals surface area contributed by atoms with Crippen molar-refractivity contribution in [1.29, 1.82) is 0 Å². The molecule has 0 radical (unpaired) electrons. The van der Waals surface area contributed by atoms with Gasteiger partial charge in [0.15, 0.2) is 0 Å². The fraction of sp³-hybridized carbons (Fsp3) is 0.789. The molecular weight excluding hydrogens is 336 g/mol. The molecule has 0 bridgehead atoms. The molecule has 0 amide bonds. The molecule has 0 saturated carbocycles. The zero-order valence-electron chi connectivity index (χ0n) is 15.1. The van der Waals surface area contributed by atoms with Crippen molar-refractivity contribution in [2.24, 2.45) is 0 Å². The van der Waals surface area contributed by atoms with Gasteiger partial charge >= 0.3 is 0 Å². The van der Waals surface area contributed by atoms with Gasteiger partial charge in [-0.15, -0.1) is 0 Å². The Labute approximate surface area is 149 Å². The third-order valence-corrected chi connectivity index (χ3v) is 4.16. The summed E-state index contributed by atoms with van der Waals surface area (Å²) in [5.74, 6) is 0. The standard InChI is InChI=1S/C19H37N2.BrH/c1-21(2,3)19-15-11-9-7-5-4-6-8-10-12-16-20-17-13-14-18-20;/h13-14,17-18H,4-12,15-16,19H2,1-3H3;1H/q+1;/p-1. The van der Waals surface area contributed by atoms with E-state index in [4.69, 9.17) is 0 Å². The minimum Gasteiger partial charge on any atom is -1.00 e. The van der Waals surface area contributed by atoms with Crippen LogP contribution in [0.25, 0.3) is 0 Å². The van der Waals surface area contributed by atoms with Crippen LogP contribution in [0.5, 0.6) is 0 Å². The largest absolute Gasteiger partial charge is 1.00 e. The van der Waals surface area contributed by atoms with Gasteiger partial charge in [-0.05, 0) is 31.4 Å². The number of aryl methyl sites for hydroxylation is 1. The average Bonchev–Trinajstić information content (AvgIpc) is 2.92. The van der Waals surface area contributed by atoms with Gasteiger partial charge in [0.1, 0.15) is 0 Å². The van der Waals surface area contributed by atoms with Gasteiger partial charge in [0, 0.05) is 18.9 Å². The molecule has 0 N–H and O–H groups in total. The van der Waals surface area contributed by atoms with Crippen molar-refractivity contribution in [3.63, 3.8) is 0 Å². The summed E-state index contributed by atoms with van der Waals surface area (Å²) in [6, 6.07) is 4.22. The smallest absolute Gasteiger partial charge is 0.0780 e. The number of unbranched alkanes of at least 4 members (excludes halogenated alkanes) is 9. The van der Waals surface area contributed by atoms with E-state index >= 15 is 0 Å². The third-order valence-electron chi connectivity index (χ3n) is 4.16. The Morgan fingerprint density at radius 2 is 1.05 bits per heavy atom. The summed E-state index contributed by atoms with van der Waals surface area (Å²) >= 11 is 0. The zero-order valence-corrected chi connectivity index (χ0v) is 16.7. The van der Waals surface area contributed by atoms with Crippen LogP contribution in [0.4, 0.5) is 0 Å². The molecule has 0 aliphatic rings. The second-order valence-electron chi connectivity index (χ2n) is 7.47. The Balaban J connectivity index is 0.00000441. The molecule has 130 valence electrons. The van der Waals surface area contributed by atoms with E-state index in [-0.39, 0.29) is 17.0 Å². The molecule has 1 heterocycles. The third kappa shape index (κ3) is 13.4. The monoisotopic (exact) mass is 372 g/mol. The van der Waals surface area contributed by atoms with Crippen LogP contribution in [0.1, 0.15) is 64.2 Å². The van der Waals surface area contributed by atoms with E-state index in [1.54, 1.807) is 0 Å². The fourth-order valence-electron chi connectivity index (χ4n) is 2.81. The number of quaternary nitrogens is 1. The first kappa shape index (κ1) is 21.7. The van der Waals surface area contributed by atoms with Crippen molar-refractivity contribution < 1.29 is 21.5 Å². The Kier molecular flexibility index (Phi) is 13.0. The van der Waals surface area contributed by atoms with Crippen LogP contribution < -0.4 is 17.0 Å². The van der Waals surface area contributed by atoms with Crippen molar-refractivity contribution in [3.05, 3.63) is 24.5 Å². The molecule has 0 saturated heterocycles. The maximum Gasteiger partial charge on any atom is 0.0780 e. The lowest BCUT2D eigenvalue weighted by molar-refractivity contribution is -0.870. The molecule has 0 aliphatic heterocycles. The first-order chi connectivity index (χ1) is 10.1. The van der Waals surface area contributed by atoms with Gasteiger partial charge in [-0.1, -0.05) is 44.9 Å². The highest BCUT2D eigenvalue weighted by Gasteiger charge is 2.04. The van der Waals surface area contributed by atoms with Crippen molar-refractivity contribution in [1.82, 2.24) is 4.57 Å². The van der Waals surface area contributed by atoms with Crippen LogP contribution in [0, 0.1) is 0 Å². The van der Waals surface area contributed by atoms with E-state index < -0.39 is 0 Å². The summed E-state index contributed by atoms with van der Waals surface area (Å²) in [7, 11) is 6.86. The van der Waals surface area contributed by atoms with Crippen LogP contribution in [-0.2, 0) is 6.54 Å². The lowest BCUT2D eigenvalue weighted by atomic mass is 10.1. The molecule has 2 nitrogen and oxygen atoms in total. The molecule has 0 spiro atoms. The Morgan fingerprint density at radius 3 is 1.50 bits per heavy atom. The predicted octanol–water partition coefficient (Wildman–Crippen LogP) is 2.10. The second-order valence-corrected chi connectivity index (χ2v) is 7.47. The summed E-state index contributed by atoms with van der Waals surface area (Å²) < 4.78 is 3.40. The van der Waals surface area contributed by atoms with E-state index in [1.807, 2.05) is 0 Å². The first-order valence-corrected chi connectivity index (χ1v) is 8.99. The molecule has 0 aromatic carbocycles. The lowest BCUT2D eigenvalue weighted by Crippen LogP contribution is -3.00. The average molecular weight is 373 g/mol. The van der Waals surface area contributed by atoms with E-state index in [2.05, 4.69) is 50.2 Å². The van der Waals surface area contributed by atoms with Gasteiger partial charge in [-0.3, -0.25) is 0 Å². The van der Waals surface area contributed by atoms with E-state index in [0.29, 0.717) is 0 Å². The fourth-order valence-corrected chi connectivity index (χ4v) is 2.81. The summed E-state index contributed by atoms with van der Waals surface area (Å²) in [6.07, 6.45) is 18.5. The summed E-state index contributed by atoms with van der Waals surface area (Å²) in [6.45, 7) is 2.51. The second kappa shape index (κ2) is 13.2. The number of rotatable bonds is 13. The number of hydrogen-bond acceptors (Lipinski definition) is 0. The van der Waals surface area contributed by atoms with Gasteiger partial charge < -0.3 is 26.0 Å². The molecule has 0 fully saturated rings. The molecule has 3 heteroatoms. The molecule has 0 unspecified atom stereocenters. The SMILES string of the molecule is C[N+](C)(C)CCCCCCCCCCCCn1cccc1.[Br-]. The molecular formula is C19H37BrN2.